The lowest BCUT2D eigenvalue weighted by Gasteiger charge is -2.24. The summed E-state index contributed by atoms with van der Waals surface area (Å²) in [5.74, 6) is -2.15. The van der Waals surface area contributed by atoms with Gasteiger partial charge in [-0.3, -0.25) is 14.4 Å². The van der Waals surface area contributed by atoms with Crippen LogP contribution in [0.4, 0.5) is 26.1 Å². The Hall–Kier alpha value is -4.03. The lowest BCUT2D eigenvalue weighted by molar-refractivity contribution is -0.117. The Morgan fingerprint density at radius 3 is 2.51 bits per heavy atom. The molecule has 0 fully saturated rings. The number of aromatic nitrogens is 2. The Kier molecular flexibility index (Phi) is 7.41. The van der Waals surface area contributed by atoms with Crippen molar-refractivity contribution in [3.05, 3.63) is 77.6 Å². The third-order valence-electron chi connectivity index (χ3n) is 5.23. The number of anilines is 3. The number of amides is 1. The molecule has 1 N–H and O–H groups in total. The zero-order valence-corrected chi connectivity index (χ0v) is 21.0. The van der Waals surface area contributed by atoms with Crippen LogP contribution in [-0.2, 0) is 14.8 Å². The number of nitrogens with zero attached hydrogens (tertiary/aromatic N) is 3. The Bertz CT molecular complexity index is 1550. The monoisotopic (exact) mass is 548 g/mol. The number of methoxy groups -OCH3 is 1. The minimum atomic E-state index is -4.02. The number of hydrogen-bond donors (Lipinski definition) is 1. The first-order chi connectivity index (χ1) is 17.6. The third-order valence-corrected chi connectivity index (χ3v) is 6.88. The highest BCUT2D eigenvalue weighted by atomic mass is 35.5. The van der Waals surface area contributed by atoms with Gasteiger partial charge in [0.25, 0.3) is 10.0 Å². The first-order valence-corrected chi connectivity index (χ1v) is 12.6. The van der Waals surface area contributed by atoms with Gasteiger partial charge in [0.15, 0.2) is 17.5 Å². The van der Waals surface area contributed by atoms with Gasteiger partial charge >= 0.3 is 0 Å². The number of rotatable bonds is 8. The summed E-state index contributed by atoms with van der Waals surface area (Å²) in [6.45, 7) is 1.64. The molecule has 2 heterocycles. The minimum absolute atomic E-state index is 0.00707. The largest absolute Gasteiger partial charge is 0.495 e. The number of nitrogens with one attached hydrogen (secondary N) is 1. The second-order valence-corrected chi connectivity index (χ2v) is 9.65. The predicted octanol–water partition coefficient (Wildman–Crippen LogP) is 5.55. The van der Waals surface area contributed by atoms with Crippen molar-refractivity contribution in [2.45, 2.75) is 18.2 Å². The zero-order chi connectivity index (χ0) is 26.7. The van der Waals surface area contributed by atoms with Crippen molar-refractivity contribution in [1.82, 2.24) is 10.1 Å². The van der Waals surface area contributed by atoms with E-state index in [9.17, 15) is 22.0 Å². The number of hydrogen-bond acceptors (Lipinski definition) is 7. The van der Waals surface area contributed by atoms with Crippen LogP contribution in [0.3, 0.4) is 0 Å². The molecule has 0 aliphatic carbocycles. The molecule has 0 saturated heterocycles. The van der Waals surface area contributed by atoms with E-state index in [4.69, 9.17) is 16.3 Å². The molecule has 2 aromatic heterocycles. The molecule has 0 atom stereocenters. The second kappa shape index (κ2) is 10.5. The first kappa shape index (κ1) is 26.0. The van der Waals surface area contributed by atoms with Gasteiger partial charge in [-0.05, 0) is 42.0 Å². The van der Waals surface area contributed by atoms with Crippen LogP contribution in [0.25, 0.3) is 11.1 Å². The molecule has 4 rings (SSSR count). The Labute approximate surface area is 215 Å². The van der Waals surface area contributed by atoms with Crippen LogP contribution in [-0.4, -0.2) is 31.6 Å². The fourth-order valence-corrected chi connectivity index (χ4v) is 4.64. The van der Waals surface area contributed by atoms with Crippen LogP contribution in [0.1, 0.15) is 13.3 Å². The number of sulfonamides is 1. The molecule has 2 aromatic carbocycles. The molecule has 0 unspecified atom stereocenters. The molecule has 4 aromatic rings. The summed E-state index contributed by atoms with van der Waals surface area (Å²) >= 11 is 6.49. The van der Waals surface area contributed by atoms with E-state index in [0.717, 1.165) is 18.3 Å². The third kappa shape index (κ3) is 5.39. The van der Waals surface area contributed by atoms with Gasteiger partial charge in [0.1, 0.15) is 22.7 Å². The van der Waals surface area contributed by atoms with Crippen LogP contribution in [0.15, 0.2) is 70.4 Å². The number of carbonyl (C=O) groups is 1. The van der Waals surface area contributed by atoms with Crippen LogP contribution in [0, 0.1) is 11.6 Å². The Morgan fingerprint density at radius 1 is 1.14 bits per heavy atom. The van der Waals surface area contributed by atoms with Gasteiger partial charge in [-0.15, -0.1) is 0 Å². The summed E-state index contributed by atoms with van der Waals surface area (Å²) in [4.78, 5) is 18.2. The quantitative estimate of drug-likeness (QED) is 0.307. The molecule has 0 saturated carbocycles. The van der Waals surface area contributed by atoms with Gasteiger partial charge in [-0.1, -0.05) is 29.7 Å². The Balaban J connectivity index is 1.75. The van der Waals surface area contributed by atoms with Crippen molar-refractivity contribution in [1.29, 1.82) is 0 Å². The summed E-state index contributed by atoms with van der Waals surface area (Å²) in [6.07, 6.45) is 2.36. The van der Waals surface area contributed by atoms with E-state index in [1.165, 1.54) is 54.7 Å². The molecular weight excluding hydrogens is 530 g/mol. The van der Waals surface area contributed by atoms with Crippen LogP contribution in [0.2, 0.25) is 5.02 Å². The molecule has 13 heteroatoms. The predicted molar refractivity (Wildman–Crippen MR) is 132 cm³/mol. The standard InChI is InChI=1S/C24H19ClF2N4O5S/c1-3-24(32)31(23-7-5-15(13-28-23)37(33,34)30-22-8-9-36-29-22)20-12-17(25)16(11-21(20)35-2)14-4-6-18(26)19(27)10-14/h4-13H,3H2,1-2H3,(H,29,30). The molecule has 9 nitrogen and oxygen atoms in total. The fraction of sp³-hybridized carbons (Fsp3) is 0.125. The molecular formula is C24H19ClF2N4O5S. The van der Waals surface area contributed by atoms with Crippen molar-refractivity contribution in [3.63, 3.8) is 0 Å². The Morgan fingerprint density at radius 2 is 1.92 bits per heavy atom. The van der Waals surface area contributed by atoms with E-state index in [0.29, 0.717) is 11.1 Å². The zero-order valence-electron chi connectivity index (χ0n) is 19.4. The van der Waals surface area contributed by atoms with Crippen LogP contribution in [0.5, 0.6) is 5.75 Å². The maximum atomic E-state index is 13.8. The summed E-state index contributed by atoms with van der Waals surface area (Å²) in [6, 6.07) is 10.2. The minimum Gasteiger partial charge on any atom is -0.495 e. The highest BCUT2D eigenvalue weighted by Gasteiger charge is 2.25. The number of benzene rings is 2. The molecule has 0 radical (unpaired) electrons. The summed E-state index contributed by atoms with van der Waals surface area (Å²) in [7, 11) is -2.65. The van der Waals surface area contributed by atoms with Crippen molar-refractivity contribution in [2.75, 3.05) is 16.7 Å². The smallest absolute Gasteiger partial charge is 0.264 e. The van der Waals surface area contributed by atoms with E-state index < -0.39 is 27.6 Å². The topological polar surface area (TPSA) is 115 Å². The van der Waals surface area contributed by atoms with Crippen molar-refractivity contribution < 1.29 is 31.3 Å². The van der Waals surface area contributed by atoms with Crippen LogP contribution >= 0.6 is 11.6 Å². The highest BCUT2D eigenvalue weighted by molar-refractivity contribution is 7.92. The van der Waals surface area contributed by atoms with Gasteiger partial charge in [0, 0.05) is 24.2 Å². The van der Waals surface area contributed by atoms with Gasteiger partial charge in [-0.2, -0.15) is 0 Å². The number of ether oxygens (including phenoxy) is 1. The molecule has 37 heavy (non-hydrogen) atoms. The summed E-state index contributed by atoms with van der Waals surface area (Å²) in [5, 5.41) is 3.64. The van der Waals surface area contributed by atoms with Gasteiger partial charge in [0.05, 0.1) is 17.8 Å². The highest BCUT2D eigenvalue weighted by Crippen LogP contribution is 2.41. The maximum absolute atomic E-state index is 13.8. The number of halogens is 3. The lowest BCUT2D eigenvalue weighted by atomic mass is 10.0. The van der Waals surface area contributed by atoms with Crippen molar-refractivity contribution >= 4 is 44.9 Å². The summed E-state index contributed by atoms with van der Waals surface area (Å²) in [5.41, 5.74) is 0.863. The van der Waals surface area contributed by atoms with Crippen molar-refractivity contribution in [3.8, 4) is 16.9 Å². The number of carbonyl (C=O) groups excluding carboxylic acids is 1. The first-order valence-electron chi connectivity index (χ1n) is 10.7. The van der Waals surface area contributed by atoms with E-state index in [1.807, 2.05) is 0 Å². The molecule has 0 bridgehead atoms. The molecule has 0 spiro atoms. The molecule has 192 valence electrons. The maximum Gasteiger partial charge on any atom is 0.264 e. The molecule has 0 aliphatic heterocycles. The van der Waals surface area contributed by atoms with Gasteiger partial charge < -0.3 is 9.26 Å². The molecule has 1 amide bonds. The van der Waals surface area contributed by atoms with Gasteiger partial charge in [0.2, 0.25) is 5.91 Å². The number of pyridine rings is 1. The second-order valence-electron chi connectivity index (χ2n) is 7.56. The SMILES string of the molecule is CCC(=O)N(c1ccc(S(=O)(=O)Nc2ccon2)cn1)c1cc(Cl)c(-c2ccc(F)c(F)c2)cc1OC. The van der Waals surface area contributed by atoms with E-state index in [2.05, 4.69) is 19.4 Å². The van der Waals surface area contributed by atoms with Gasteiger partial charge in [-0.25, -0.2) is 22.2 Å². The fourth-order valence-electron chi connectivity index (χ4n) is 3.44. The van der Waals surface area contributed by atoms with E-state index >= 15 is 0 Å². The van der Waals surface area contributed by atoms with E-state index in [-0.39, 0.29) is 39.4 Å². The van der Waals surface area contributed by atoms with E-state index in [1.54, 1.807) is 6.92 Å². The average molecular weight is 549 g/mol. The van der Waals surface area contributed by atoms with Crippen LogP contribution < -0.4 is 14.4 Å². The normalized spacial score (nSPS) is 11.3. The summed E-state index contributed by atoms with van der Waals surface area (Å²) < 4.78 is 64.8. The van der Waals surface area contributed by atoms with Crippen molar-refractivity contribution in [2.24, 2.45) is 0 Å². The average Bonchev–Trinajstić information content (AvgIpc) is 3.38. The molecule has 0 aliphatic rings. The lowest BCUT2D eigenvalue weighted by Crippen LogP contribution is -2.26.